The van der Waals surface area contributed by atoms with Crippen LogP contribution in [-0.2, 0) is 0 Å². The molecule has 4 rings (SSSR count). The minimum absolute atomic E-state index is 0.686. The van der Waals surface area contributed by atoms with E-state index in [-0.39, 0.29) is 0 Å². The van der Waals surface area contributed by atoms with Gasteiger partial charge in [-0.25, -0.2) is 0 Å². The molecule has 3 nitrogen and oxygen atoms in total. The van der Waals surface area contributed by atoms with E-state index < -0.39 is 0 Å². The Kier molecular flexibility index (Phi) is 5.39. The van der Waals surface area contributed by atoms with Crippen LogP contribution < -0.4 is 4.90 Å². The second-order valence-corrected chi connectivity index (χ2v) is 7.69. The fourth-order valence-electron chi connectivity index (χ4n) is 3.23. The number of anilines is 1. The molecule has 3 aromatic rings. The zero-order valence-corrected chi connectivity index (χ0v) is 16.9. The summed E-state index contributed by atoms with van der Waals surface area (Å²) in [6.45, 7) is 3.52. The normalized spacial score (nSPS) is 14.4. The molecule has 0 amide bonds. The number of thiocarbonyl (C=S) groups is 1. The van der Waals surface area contributed by atoms with Crippen LogP contribution in [0.3, 0.4) is 0 Å². The third-order valence-corrected chi connectivity index (χ3v) is 5.63. The summed E-state index contributed by atoms with van der Waals surface area (Å²) in [7, 11) is 0. The summed E-state index contributed by atoms with van der Waals surface area (Å²) in [5, 5.41) is 1.44. The molecule has 0 N–H and O–H groups in total. The van der Waals surface area contributed by atoms with Gasteiger partial charge in [-0.05, 0) is 48.5 Å². The molecule has 0 spiro atoms. The molecule has 1 aliphatic rings. The summed E-state index contributed by atoms with van der Waals surface area (Å²) < 4.78 is 5.99. The second kappa shape index (κ2) is 7.93. The number of halogens is 2. The zero-order valence-electron chi connectivity index (χ0n) is 14.6. The number of piperazine rings is 1. The van der Waals surface area contributed by atoms with Gasteiger partial charge in [0.05, 0.1) is 0 Å². The van der Waals surface area contributed by atoms with E-state index in [0.717, 1.165) is 53.3 Å². The number of hydrogen-bond acceptors (Lipinski definition) is 3. The summed E-state index contributed by atoms with van der Waals surface area (Å²) >= 11 is 17.7. The van der Waals surface area contributed by atoms with Crippen LogP contribution in [-0.4, -0.2) is 36.1 Å². The lowest BCUT2D eigenvalue weighted by atomic mass is 10.2. The topological polar surface area (TPSA) is 19.6 Å². The van der Waals surface area contributed by atoms with Crippen molar-refractivity contribution in [2.24, 2.45) is 0 Å². The number of hydrogen-bond donors (Lipinski definition) is 0. The van der Waals surface area contributed by atoms with Crippen LogP contribution in [0.4, 0.5) is 5.69 Å². The molecule has 1 aromatic heterocycles. The molecule has 1 aliphatic heterocycles. The average Bonchev–Trinajstić information content (AvgIpc) is 3.18. The van der Waals surface area contributed by atoms with Gasteiger partial charge < -0.3 is 14.2 Å². The number of furan rings is 1. The fraction of sp³-hybridized carbons (Fsp3) is 0.190. The Balaban J connectivity index is 1.42. The maximum atomic E-state index is 6.07. The van der Waals surface area contributed by atoms with Crippen LogP contribution in [0.1, 0.15) is 5.76 Å². The predicted molar refractivity (Wildman–Crippen MR) is 116 cm³/mol. The molecule has 2 heterocycles. The van der Waals surface area contributed by atoms with Gasteiger partial charge in [0.2, 0.25) is 0 Å². The van der Waals surface area contributed by atoms with Crippen molar-refractivity contribution in [3.05, 3.63) is 76.5 Å². The molecule has 0 saturated carbocycles. The van der Waals surface area contributed by atoms with Gasteiger partial charge in [0.1, 0.15) is 10.7 Å². The average molecular weight is 417 g/mol. The summed E-state index contributed by atoms with van der Waals surface area (Å²) in [6.07, 6.45) is 0. The summed E-state index contributed by atoms with van der Waals surface area (Å²) in [6, 6.07) is 19.5. The van der Waals surface area contributed by atoms with Gasteiger partial charge in [-0.2, -0.15) is 0 Å². The highest BCUT2D eigenvalue weighted by Gasteiger charge is 2.22. The van der Waals surface area contributed by atoms with Crippen LogP contribution in [0, 0.1) is 0 Å². The van der Waals surface area contributed by atoms with Gasteiger partial charge in [-0.1, -0.05) is 47.6 Å². The molecule has 0 atom stereocenters. The summed E-state index contributed by atoms with van der Waals surface area (Å²) in [4.78, 5) is 5.29. The van der Waals surface area contributed by atoms with Crippen molar-refractivity contribution >= 4 is 46.1 Å². The van der Waals surface area contributed by atoms with Crippen molar-refractivity contribution in [1.82, 2.24) is 4.90 Å². The molecule has 1 saturated heterocycles. The van der Waals surface area contributed by atoms with E-state index in [9.17, 15) is 0 Å². The van der Waals surface area contributed by atoms with Gasteiger partial charge in [0.25, 0.3) is 0 Å². The molecule has 1 fully saturated rings. The Morgan fingerprint density at radius 3 is 2.30 bits per heavy atom. The number of rotatable bonds is 3. The molecule has 2 aromatic carbocycles. The summed E-state index contributed by atoms with van der Waals surface area (Å²) in [5.74, 6) is 1.49. The Morgan fingerprint density at radius 1 is 0.852 bits per heavy atom. The maximum absolute atomic E-state index is 6.07. The van der Waals surface area contributed by atoms with Crippen molar-refractivity contribution in [3.8, 4) is 11.3 Å². The zero-order chi connectivity index (χ0) is 18.8. The molecule has 0 unspecified atom stereocenters. The van der Waals surface area contributed by atoms with Gasteiger partial charge in [-0.3, -0.25) is 0 Å². The Morgan fingerprint density at radius 2 is 1.59 bits per heavy atom. The number of nitrogens with zero attached hydrogens (tertiary/aromatic N) is 2. The lowest BCUT2D eigenvalue weighted by Gasteiger charge is -2.37. The van der Waals surface area contributed by atoms with E-state index >= 15 is 0 Å². The van der Waals surface area contributed by atoms with E-state index in [4.69, 9.17) is 39.8 Å². The molecule has 0 bridgehead atoms. The van der Waals surface area contributed by atoms with Crippen LogP contribution in [0.25, 0.3) is 11.3 Å². The highest BCUT2D eigenvalue weighted by Crippen LogP contribution is 2.26. The van der Waals surface area contributed by atoms with Gasteiger partial charge >= 0.3 is 0 Å². The van der Waals surface area contributed by atoms with Crippen molar-refractivity contribution in [3.63, 3.8) is 0 Å². The standard InChI is InChI=1S/C21H18Cl2N2OS/c22-16-4-6-18(7-5-16)24-10-12-25(13-11-24)21(27)20-9-8-19(26-20)15-2-1-3-17(23)14-15/h1-9,14H,10-13H2. The minimum Gasteiger partial charge on any atom is -0.454 e. The summed E-state index contributed by atoms with van der Waals surface area (Å²) in [5.41, 5.74) is 2.13. The highest BCUT2D eigenvalue weighted by molar-refractivity contribution is 7.80. The van der Waals surface area contributed by atoms with Crippen LogP contribution in [0.15, 0.2) is 65.1 Å². The van der Waals surface area contributed by atoms with Crippen molar-refractivity contribution < 1.29 is 4.42 Å². The first-order valence-corrected chi connectivity index (χ1v) is 9.92. The first-order valence-electron chi connectivity index (χ1n) is 8.76. The first-order chi connectivity index (χ1) is 13.1. The van der Waals surface area contributed by atoms with Gasteiger partial charge in [0.15, 0.2) is 5.76 Å². The number of benzene rings is 2. The lowest BCUT2D eigenvalue weighted by molar-refractivity contribution is 0.385. The van der Waals surface area contributed by atoms with E-state index in [1.54, 1.807) is 0 Å². The largest absolute Gasteiger partial charge is 0.454 e. The second-order valence-electron chi connectivity index (χ2n) is 6.43. The molecular weight excluding hydrogens is 399 g/mol. The third-order valence-electron chi connectivity index (χ3n) is 4.68. The van der Waals surface area contributed by atoms with Crippen LogP contribution in [0.5, 0.6) is 0 Å². The SMILES string of the molecule is S=C(c1ccc(-c2cccc(Cl)c2)o1)N1CCN(c2ccc(Cl)cc2)CC1. The first kappa shape index (κ1) is 18.4. The maximum Gasteiger partial charge on any atom is 0.162 e. The molecule has 0 aliphatic carbocycles. The van der Waals surface area contributed by atoms with E-state index in [2.05, 4.69) is 21.9 Å². The van der Waals surface area contributed by atoms with Crippen molar-refractivity contribution in [2.75, 3.05) is 31.1 Å². The van der Waals surface area contributed by atoms with E-state index in [0.29, 0.717) is 5.02 Å². The molecular formula is C21H18Cl2N2OS. The Labute approximate surface area is 174 Å². The van der Waals surface area contributed by atoms with Gasteiger partial charge in [0, 0.05) is 47.5 Å². The van der Waals surface area contributed by atoms with E-state index in [1.165, 1.54) is 5.69 Å². The van der Waals surface area contributed by atoms with Crippen LogP contribution >= 0.6 is 35.4 Å². The predicted octanol–water partition coefficient (Wildman–Crippen LogP) is 5.75. The minimum atomic E-state index is 0.686. The van der Waals surface area contributed by atoms with Crippen molar-refractivity contribution in [2.45, 2.75) is 0 Å². The third kappa shape index (κ3) is 4.13. The van der Waals surface area contributed by atoms with Crippen molar-refractivity contribution in [1.29, 1.82) is 0 Å². The molecule has 138 valence electrons. The lowest BCUT2D eigenvalue weighted by Crippen LogP contribution is -2.48. The van der Waals surface area contributed by atoms with Gasteiger partial charge in [-0.15, -0.1) is 0 Å². The highest BCUT2D eigenvalue weighted by atomic mass is 35.5. The molecule has 0 radical (unpaired) electrons. The quantitative estimate of drug-likeness (QED) is 0.505. The molecule has 27 heavy (non-hydrogen) atoms. The molecule has 6 heteroatoms. The Bertz CT molecular complexity index is 947. The fourth-order valence-corrected chi connectivity index (χ4v) is 3.83. The smallest absolute Gasteiger partial charge is 0.162 e. The van der Waals surface area contributed by atoms with Crippen LogP contribution in [0.2, 0.25) is 10.0 Å². The Hall–Kier alpha value is -2.01. The van der Waals surface area contributed by atoms with E-state index in [1.807, 2.05) is 48.5 Å². The monoisotopic (exact) mass is 416 g/mol.